The minimum absolute atomic E-state index is 0.00515. The van der Waals surface area contributed by atoms with Crippen LogP contribution < -0.4 is 21.7 Å². The zero-order valence-electron chi connectivity index (χ0n) is 15.6. The third-order valence-electron chi connectivity index (χ3n) is 4.20. The molecule has 28 heavy (non-hydrogen) atoms. The van der Waals surface area contributed by atoms with Gasteiger partial charge in [-0.1, -0.05) is 12.1 Å². The van der Waals surface area contributed by atoms with Crippen molar-refractivity contribution in [2.75, 3.05) is 12.8 Å². The number of hydrogen-bond donors (Lipinski definition) is 4. The van der Waals surface area contributed by atoms with E-state index < -0.39 is 29.6 Å². The van der Waals surface area contributed by atoms with Gasteiger partial charge < -0.3 is 21.7 Å². The van der Waals surface area contributed by atoms with Crippen LogP contribution in [0.4, 0.5) is 14.6 Å². The van der Waals surface area contributed by atoms with Gasteiger partial charge in [-0.15, -0.1) is 0 Å². The Balaban J connectivity index is 2.11. The molecule has 9 heteroatoms. The maximum atomic E-state index is 13.5. The van der Waals surface area contributed by atoms with E-state index in [4.69, 9.17) is 5.73 Å². The molecule has 150 valence electrons. The molecule has 0 saturated carbocycles. The number of carbonyl (C=O) groups is 2. The Labute approximate surface area is 161 Å². The van der Waals surface area contributed by atoms with Crippen molar-refractivity contribution in [3.63, 3.8) is 0 Å². The van der Waals surface area contributed by atoms with Crippen LogP contribution in [-0.2, 0) is 22.6 Å². The SMILES string of the molecule is CN[C@@H](C)C(=O)N[C@@H](Cc1ccc(F)c(F)c1)C(=O)NCc1ccc(N)nc1. The highest BCUT2D eigenvalue weighted by Gasteiger charge is 2.23. The lowest BCUT2D eigenvalue weighted by Crippen LogP contribution is -2.52. The quantitative estimate of drug-likeness (QED) is 0.535. The Morgan fingerprint density at radius 2 is 1.82 bits per heavy atom. The van der Waals surface area contributed by atoms with Crippen LogP contribution in [0.15, 0.2) is 36.5 Å². The van der Waals surface area contributed by atoms with Gasteiger partial charge in [0, 0.05) is 19.2 Å². The minimum atomic E-state index is -1.01. The van der Waals surface area contributed by atoms with Crippen molar-refractivity contribution >= 4 is 17.6 Å². The summed E-state index contributed by atoms with van der Waals surface area (Å²) < 4.78 is 26.6. The number of halogens is 2. The number of anilines is 1. The van der Waals surface area contributed by atoms with E-state index in [1.165, 1.54) is 12.3 Å². The second-order valence-electron chi connectivity index (χ2n) is 6.33. The summed E-state index contributed by atoms with van der Waals surface area (Å²) >= 11 is 0. The topological polar surface area (TPSA) is 109 Å². The third-order valence-corrected chi connectivity index (χ3v) is 4.20. The summed E-state index contributed by atoms with van der Waals surface area (Å²) in [5, 5.41) is 8.11. The number of amides is 2. The first-order chi connectivity index (χ1) is 13.3. The van der Waals surface area contributed by atoms with Crippen molar-refractivity contribution in [3.05, 3.63) is 59.3 Å². The Morgan fingerprint density at radius 1 is 1.11 bits per heavy atom. The molecule has 0 saturated heterocycles. The monoisotopic (exact) mass is 391 g/mol. The van der Waals surface area contributed by atoms with Crippen LogP contribution >= 0.6 is 0 Å². The molecular formula is C19H23F2N5O2. The number of aromatic nitrogens is 1. The van der Waals surface area contributed by atoms with Gasteiger partial charge in [0.2, 0.25) is 11.8 Å². The van der Waals surface area contributed by atoms with E-state index in [1.54, 1.807) is 26.1 Å². The summed E-state index contributed by atoms with van der Waals surface area (Å²) in [5.41, 5.74) is 6.63. The van der Waals surface area contributed by atoms with Gasteiger partial charge in [0.25, 0.3) is 0 Å². The highest BCUT2D eigenvalue weighted by molar-refractivity contribution is 5.89. The van der Waals surface area contributed by atoms with E-state index in [0.717, 1.165) is 17.7 Å². The molecule has 0 radical (unpaired) electrons. The molecule has 7 nitrogen and oxygen atoms in total. The average molecular weight is 391 g/mol. The van der Waals surface area contributed by atoms with Gasteiger partial charge >= 0.3 is 0 Å². The average Bonchev–Trinajstić information content (AvgIpc) is 2.68. The molecule has 5 N–H and O–H groups in total. The number of pyridine rings is 1. The summed E-state index contributed by atoms with van der Waals surface area (Å²) in [4.78, 5) is 28.8. The second kappa shape index (κ2) is 9.75. The predicted octanol–water partition coefficient (Wildman–Crippen LogP) is 0.894. The van der Waals surface area contributed by atoms with Crippen LogP contribution in [0.3, 0.4) is 0 Å². The number of likely N-dealkylation sites (N-methyl/N-ethyl adjacent to an activating group) is 1. The normalized spacial score (nSPS) is 12.9. The Kier molecular flexibility index (Phi) is 7.39. The summed E-state index contributed by atoms with van der Waals surface area (Å²) in [6, 6.07) is 5.20. The van der Waals surface area contributed by atoms with E-state index in [0.29, 0.717) is 11.4 Å². The van der Waals surface area contributed by atoms with E-state index in [9.17, 15) is 18.4 Å². The predicted molar refractivity (Wildman–Crippen MR) is 101 cm³/mol. The fraction of sp³-hybridized carbons (Fsp3) is 0.316. The molecule has 0 spiro atoms. The fourth-order valence-corrected chi connectivity index (χ4v) is 2.39. The second-order valence-corrected chi connectivity index (χ2v) is 6.33. The van der Waals surface area contributed by atoms with Crippen LogP contribution in [0, 0.1) is 11.6 Å². The smallest absolute Gasteiger partial charge is 0.243 e. The lowest BCUT2D eigenvalue weighted by molar-refractivity contribution is -0.129. The van der Waals surface area contributed by atoms with Gasteiger partial charge in [0.05, 0.1) is 6.04 Å². The fourth-order valence-electron chi connectivity index (χ4n) is 2.39. The number of nitrogens with one attached hydrogen (secondary N) is 3. The summed E-state index contributed by atoms with van der Waals surface area (Å²) in [6.45, 7) is 1.82. The first-order valence-electron chi connectivity index (χ1n) is 8.70. The van der Waals surface area contributed by atoms with Gasteiger partial charge in [-0.3, -0.25) is 9.59 Å². The maximum Gasteiger partial charge on any atom is 0.243 e. The molecule has 2 amide bonds. The number of nitrogens with two attached hydrogens (primary N) is 1. The van der Waals surface area contributed by atoms with Gasteiger partial charge in [-0.05, 0) is 43.3 Å². The number of rotatable bonds is 8. The van der Waals surface area contributed by atoms with Gasteiger partial charge in [0.1, 0.15) is 11.9 Å². The third kappa shape index (κ3) is 5.98. The molecule has 1 aromatic heterocycles. The maximum absolute atomic E-state index is 13.5. The standard InChI is InChI=1S/C19H23F2N5O2/c1-11(23-2)18(27)26-16(8-12-3-5-14(20)15(21)7-12)19(28)25-10-13-4-6-17(22)24-9-13/h3-7,9,11,16,23H,8,10H2,1-2H3,(H2,22,24)(H,25,28)(H,26,27)/t11-,16-/m0/s1. The molecular weight excluding hydrogens is 368 g/mol. The lowest BCUT2D eigenvalue weighted by atomic mass is 10.0. The molecule has 2 atom stereocenters. The Morgan fingerprint density at radius 3 is 2.43 bits per heavy atom. The molecule has 1 heterocycles. The molecule has 2 rings (SSSR count). The zero-order valence-corrected chi connectivity index (χ0v) is 15.6. The molecule has 0 aliphatic rings. The molecule has 2 aromatic rings. The number of nitrogens with zero attached hydrogens (tertiary/aromatic N) is 1. The van der Waals surface area contributed by atoms with Crippen LogP contribution in [0.1, 0.15) is 18.1 Å². The van der Waals surface area contributed by atoms with Crippen LogP contribution in [0.5, 0.6) is 0 Å². The molecule has 0 fully saturated rings. The van der Waals surface area contributed by atoms with Crippen molar-refractivity contribution in [2.24, 2.45) is 0 Å². The highest BCUT2D eigenvalue weighted by atomic mass is 19.2. The van der Waals surface area contributed by atoms with Crippen molar-refractivity contribution in [1.29, 1.82) is 0 Å². The van der Waals surface area contributed by atoms with Gasteiger partial charge in [-0.25, -0.2) is 13.8 Å². The number of carbonyl (C=O) groups excluding carboxylic acids is 2. The first-order valence-corrected chi connectivity index (χ1v) is 8.70. The van der Waals surface area contributed by atoms with Crippen molar-refractivity contribution in [3.8, 4) is 0 Å². The molecule has 0 aliphatic heterocycles. The van der Waals surface area contributed by atoms with Crippen LogP contribution in [0.25, 0.3) is 0 Å². The Hall–Kier alpha value is -3.07. The first kappa shape index (κ1) is 21.2. The van der Waals surface area contributed by atoms with Crippen LogP contribution in [-0.4, -0.2) is 35.9 Å². The number of nitrogen functional groups attached to an aromatic ring is 1. The molecule has 1 aromatic carbocycles. The summed E-state index contributed by atoms with van der Waals surface area (Å²) in [5.74, 6) is -2.48. The van der Waals surface area contributed by atoms with E-state index in [1.807, 2.05) is 0 Å². The number of hydrogen-bond acceptors (Lipinski definition) is 5. The Bertz CT molecular complexity index is 830. The molecule has 0 aliphatic carbocycles. The zero-order chi connectivity index (χ0) is 20.7. The van der Waals surface area contributed by atoms with Crippen LogP contribution in [0.2, 0.25) is 0 Å². The highest BCUT2D eigenvalue weighted by Crippen LogP contribution is 2.11. The van der Waals surface area contributed by atoms with Crippen molar-refractivity contribution in [2.45, 2.75) is 32.0 Å². The molecule has 0 unspecified atom stereocenters. The van der Waals surface area contributed by atoms with Crippen molar-refractivity contribution < 1.29 is 18.4 Å². The summed E-state index contributed by atoms with van der Waals surface area (Å²) in [6.07, 6.45) is 1.53. The summed E-state index contributed by atoms with van der Waals surface area (Å²) in [7, 11) is 1.61. The minimum Gasteiger partial charge on any atom is -0.384 e. The van der Waals surface area contributed by atoms with E-state index in [-0.39, 0.29) is 18.9 Å². The van der Waals surface area contributed by atoms with Gasteiger partial charge in [0.15, 0.2) is 11.6 Å². The lowest BCUT2D eigenvalue weighted by Gasteiger charge is -2.21. The van der Waals surface area contributed by atoms with Gasteiger partial charge in [-0.2, -0.15) is 0 Å². The van der Waals surface area contributed by atoms with E-state index in [2.05, 4.69) is 20.9 Å². The largest absolute Gasteiger partial charge is 0.384 e. The number of benzene rings is 1. The van der Waals surface area contributed by atoms with Crippen molar-refractivity contribution in [1.82, 2.24) is 20.9 Å². The molecule has 0 bridgehead atoms. The van der Waals surface area contributed by atoms with E-state index >= 15 is 0 Å².